The molecule has 1 saturated heterocycles. The number of aryl methyl sites for hydroxylation is 1. The molecule has 7 heteroatoms. The Morgan fingerprint density at radius 2 is 2.18 bits per heavy atom. The van der Waals surface area contributed by atoms with Gasteiger partial charge in [0.2, 0.25) is 5.88 Å². The van der Waals surface area contributed by atoms with Crippen molar-refractivity contribution in [3.05, 3.63) is 74.8 Å². The van der Waals surface area contributed by atoms with Gasteiger partial charge in [-0.05, 0) is 25.8 Å². The van der Waals surface area contributed by atoms with Crippen LogP contribution < -0.4 is 16.0 Å². The van der Waals surface area contributed by atoms with Crippen LogP contribution in [0.25, 0.3) is 0 Å². The van der Waals surface area contributed by atoms with E-state index in [0.717, 1.165) is 12.8 Å². The Bertz CT molecular complexity index is 1060. The normalized spacial score (nSPS) is 21.2. The second-order valence-corrected chi connectivity index (χ2v) is 7.06. The summed E-state index contributed by atoms with van der Waals surface area (Å²) in [5.74, 6) is -1.28. The molecule has 0 radical (unpaired) electrons. The van der Waals surface area contributed by atoms with Crippen LogP contribution in [0.2, 0.25) is 0 Å². The molecule has 0 bridgehead atoms. The van der Waals surface area contributed by atoms with Crippen LogP contribution in [0.1, 0.15) is 35.6 Å². The standard InChI is InChI=1S/C21H20FN3O3/c1-12-9-17-19(21(26)25(12)11-13-5-4-8-27-13)18(15(10-23)20(24)28-17)14-6-2-3-7-16(14)22/h2-3,6-7,9,13,18H,4-5,8,11,24H2,1H3/t13-,18-/m1/s1. The number of nitrogens with two attached hydrogens (primary N) is 1. The van der Waals surface area contributed by atoms with E-state index in [-0.39, 0.29) is 40.0 Å². The van der Waals surface area contributed by atoms with E-state index in [1.54, 1.807) is 35.8 Å². The minimum atomic E-state index is -0.918. The van der Waals surface area contributed by atoms with Crippen LogP contribution in [0.15, 0.2) is 46.6 Å². The first-order chi connectivity index (χ1) is 13.5. The van der Waals surface area contributed by atoms with Crippen LogP contribution in [0.4, 0.5) is 4.39 Å². The zero-order valence-corrected chi connectivity index (χ0v) is 15.4. The highest BCUT2D eigenvalue weighted by atomic mass is 19.1. The summed E-state index contributed by atoms with van der Waals surface area (Å²) in [6, 6.07) is 9.79. The van der Waals surface area contributed by atoms with Gasteiger partial charge in [0.15, 0.2) is 0 Å². The lowest BCUT2D eigenvalue weighted by atomic mass is 9.83. The largest absolute Gasteiger partial charge is 0.440 e. The Kier molecular flexibility index (Phi) is 4.65. The minimum absolute atomic E-state index is 0.0298. The van der Waals surface area contributed by atoms with Crippen molar-refractivity contribution in [1.82, 2.24) is 4.57 Å². The van der Waals surface area contributed by atoms with Crippen molar-refractivity contribution in [2.75, 3.05) is 6.61 Å². The van der Waals surface area contributed by atoms with Crippen LogP contribution in [0.3, 0.4) is 0 Å². The van der Waals surface area contributed by atoms with Crippen molar-refractivity contribution in [2.45, 2.75) is 38.3 Å². The van der Waals surface area contributed by atoms with Crippen molar-refractivity contribution in [1.29, 1.82) is 5.26 Å². The van der Waals surface area contributed by atoms with E-state index in [0.29, 0.717) is 18.8 Å². The summed E-state index contributed by atoms with van der Waals surface area (Å²) in [6.07, 6.45) is 1.80. The molecule has 4 rings (SSSR count). The number of allylic oxidation sites excluding steroid dienone is 1. The highest BCUT2D eigenvalue weighted by Gasteiger charge is 2.36. The number of fused-ring (bicyclic) bond motifs is 1. The predicted octanol–water partition coefficient (Wildman–Crippen LogP) is 2.69. The Morgan fingerprint density at radius 3 is 2.86 bits per heavy atom. The van der Waals surface area contributed by atoms with E-state index in [4.69, 9.17) is 15.2 Å². The number of benzene rings is 1. The SMILES string of the molecule is Cc1cc2c(c(=O)n1C[C@H]1CCCO1)[C@H](c1ccccc1F)C(C#N)=C(N)O2. The predicted molar refractivity (Wildman–Crippen MR) is 100 cm³/mol. The quantitative estimate of drug-likeness (QED) is 0.883. The third-order valence-corrected chi connectivity index (χ3v) is 5.32. The number of nitriles is 1. The molecule has 28 heavy (non-hydrogen) atoms. The highest BCUT2D eigenvalue weighted by molar-refractivity contribution is 5.55. The topological polar surface area (TPSA) is 90.3 Å². The summed E-state index contributed by atoms with van der Waals surface area (Å²) < 4.78 is 27.5. The molecule has 0 amide bonds. The summed E-state index contributed by atoms with van der Waals surface area (Å²) in [5.41, 5.74) is 6.78. The summed E-state index contributed by atoms with van der Waals surface area (Å²) in [6.45, 7) is 2.89. The molecule has 6 nitrogen and oxygen atoms in total. The Labute approximate surface area is 161 Å². The van der Waals surface area contributed by atoms with Crippen molar-refractivity contribution in [2.24, 2.45) is 5.73 Å². The van der Waals surface area contributed by atoms with Gasteiger partial charge in [-0.2, -0.15) is 5.26 Å². The molecular weight excluding hydrogens is 361 g/mol. The maximum absolute atomic E-state index is 14.6. The van der Waals surface area contributed by atoms with Crippen molar-refractivity contribution >= 4 is 0 Å². The molecule has 2 aliphatic rings. The molecule has 1 aromatic carbocycles. The summed E-state index contributed by atoms with van der Waals surface area (Å²) in [5, 5.41) is 9.64. The van der Waals surface area contributed by atoms with Crippen LogP contribution in [0, 0.1) is 24.1 Å². The number of aromatic nitrogens is 1. The first-order valence-corrected chi connectivity index (χ1v) is 9.19. The first kappa shape index (κ1) is 18.3. The van der Waals surface area contributed by atoms with Gasteiger partial charge in [-0.25, -0.2) is 4.39 Å². The monoisotopic (exact) mass is 381 g/mol. The second kappa shape index (κ2) is 7.13. The maximum Gasteiger partial charge on any atom is 0.258 e. The smallest absolute Gasteiger partial charge is 0.258 e. The Hall–Kier alpha value is -3.11. The maximum atomic E-state index is 14.6. The third-order valence-electron chi connectivity index (χ3n) is 5.32. The molecule has 2 aromatic rings. The fourth-order valence-corrected chi connectivity index (χ4v) is 3.93. The Morgan fingerprint density at radius 1 is 1.39 bits per heavy atom. The van der Waals surface area contributed by atoms with Crippen molar-refractivity contribution < 1.29 is 13.9 Å². The van der Waals surface area contributed by atoms with Crippen molar-refractivity contribution in [3.63, 3.8) is 0 Å². The van der Waals surface area contributed by atoms with Crippen LogP contribution >= 0.6 is 0 Å². The number of hydrogen-bond acceptors (Lipinski definition) is 5. The van der Waals surface area contributed by atoms with Gasteiger partial charge in [0.1, 0.15) is 23.2 Å². The van der Waals surface area contributed by atoms with E-state index in [1.807, 2.05) is 6.07 Å². The van der Waals surface area contributed by atoms with Gasteiger partial charge >= 0.3 is 0 Å². The molecule has 1 aromatic heterocycles. The molecule has 1 fully saturated rings. The lowest BCUT2D eigenvalue weighted by molar-refractivity contribution is 0.0954. The second-order valence-electron chi connectivity index (χ2n) is 7.06. The van der Waals surface area contributed by atoms with Gasteiger partial charge in [-0.1, -0.05) is 18.2 Å². The zero-order chi connectivity index (χ0) is 19.8. The lowest BCUT2D eigenvalue weighted by Crippen LogP contribution is -2.35. The van der Waals surface area contributed by atoms with Gasteiger partial charge in [0.25, 0.3) is 5.56 Å². The van der Waals surface area contributed by atoms with E-state index < -0.39 is 11.7 Å². The summed E-state index contributed by atoms with van der Waals surface area (Å²) in [4.78, 5) is 13.4. The number of ether oxygens (including phenoxy) is 2. The molecular formula is C21H20FN3O3. The van der Waals surface area contributed by atoms with Crippen molar-refractivity contribution in [3.8, 4) is 11.8 Å². The van der Waals surface area contributed by atoms with Crippen LogP contribution in [0.5, 0.6) is 5.75 Å². The average Bonchev–Trinajstić information content (AvgIpc) is 3.18. The number of pyridine rings is 1. The van der Waals surface area contributed by atoms with Gasteiger partial charge in [-0.15, -0.1) is 0 Å². The van der Waals surface area contributed by atoms with E-state index >= 15 is 0 Å². The van der Waals surface area contributed by atoms with E-state index in [9.17, 15) is 14.4 Å². The van der Waals surface area contributed by atoms with Gasteiger partial charge < -0.3 is 19.8 Å². The zero-order valence-electron chi connectivity index (χ0n) is 15.4. The van der Waals surface area contributed by atoms with E-state index in [2.05, 4.69) is 0 Å². The van der Waals surface area contributed by atoms with Gasteiger partial charge in [-0.3, -0.25) is 4.79 Å². The van der Waals surface area contributed by atoms with Crippen LogP contribution in [-0.2, 0) is 11.3 Å². The summed E-state index contributed by atoms with van der Waals surface area (Å²) >= 11 is 0. The molecule has 2 atom stereocenters. The highest BCUT2D eigenvalue weighted by Crippen LogP contribution is 2.41. The summed E-state index contributed by atoms with van der Waals surface area (Å²) in [7, 11) is 0. The molecule has 2 N–H and O–H groups in total. The number of nitrogens with zero attached hydrogens (tertiary/aromatic N) is 2. The molecule has 3 heterocycles. The third kappa shape index (κ3) is 2.96. The molecule has 144 valence electrons. The van der Waals surface area contributed by atoms with Gasteiger partial charge in [0.05, 0.1) is 24.1 Å². The number of rotatable bonds is 3. The fraction of sp³-hybridized carbons (Fsp3) is 0.333. The molecule has 0 aliphatic carbocycles. The molecule has 0 unspecified atom stereocenters. The van der Waals surface area contributed by atoms with Gasteiger partial charge in [0, 0.05) is 23.9 Å². The first-order valence-electron chi connectivity index (χ1n) is 9.19. The lowest BCUT2D eigenvalue weighted by Gasteiger charge is -2.28. The molecule has 0 saturated carbocycles. The fourth-order valence-electron chi connectivity index (χ4n) is 3.93. The average molecular weight is 381 g/mol. The minimum Gasteiger partial charge on any atom is -0.440 e. The molecule has 0 spiro atoms. The Balaban J connectivity index is 1.92. The number of hydrogen-bond donors (Lipinski definition) is 1. The number of halogens is 1. The van der Waals surface area contributed by atoms with E-state index in [1.165, 1.54) is 6.07 Å². The molecule has 2 aliphatic heterocycles. The van der Waals surface area contributed by atoms with Crippen LogP contribution in [-0.4, -0.2) is 17.3 Å².